The molecule has 0 spiro atoms. The first-order valence-electron chi connectivity index (χ1n) is 9.66. The molecule has 28 heavy (non-hydrogen) atoms. The molecule has 1 rings (SSSR count). The van der Waals surface area contributed by atoms with Gasteiger partial charge in [0.05, 0.1) is 20.7 Å². The van der Waals surface area contributed by atoms with Crippen LogP contribution in [-0.2, 0) is 11.3 Å². The predicted octanol–water partition coefficient (Wildman–Crippen LogP) is 7.65. The van der Waals surface area contributed by atoms with Crippen LogP contribution in [0.5, 0.6) is 11.5 Å². The lowest BCUT2D eigenvalue weighted by Gasteiger charge is -2.14. The van der Waals surface area contributed by atoms with Crippen molar-refractivity contribution in [2.24, 2.45) is 5.16 Å². The Morgan fingerprint density at radius 2 is 1.71 bits per heavy atom. The first-order chi connectivity index (χ1) is 13.4. The molecule has 4 nitrogen and oxygen atoms in total. The first kappa shape index (κ1) is 25.3. The Kier molecular flexibility index (Phi) is 13.7. The van der Waals surface area contributed by atoms with E-state index < -0.39 is 0 Å². The van der Waals surface area contributed by atoms with Crippen molar-refractivity contribution in [1.82, 2.24) is 0 Å². The van der Waals surface area contributed by atoms with Crippen LogP contribution in [0.15, 0.2) is 26.8 Å². The summed E-state index contributed by atoms with van der Waals surface area (Å²) in [7, 11) is 0. The average Bonchev–Trinajstić information content (AvgIpc) is 2.63. The number of halogens is 3. The number of unbranched alkanes of at least 4 members (excludes halogenated alkanes) is 4. The maximum atomic E-state index is 6.42. The zero-order valence-corrected chi connectivity index (χ0v) is 20.8. The normalized spacial score (nSPS) is 10.4. The maximum absolute atomic E-state index is 6.42. The minimum absolute atomic E-state index is 0.459. The molecule has 0 saturated heterocycles. The highest BCUT2D eigenvalue weighted by molar-refractivity contribution is 9.28. The van der Waals surface area contributed by atoms with Crippen molar-refractivity contribution in [2.75, 3.05) is 19.8 Å². The lowest BCUT2D eigenvalue weighted by atomic mass is 10.1. The SMILES string of the molecule is CCc1cc(OCC=C(Br)Br)cc(Cl)c1OCCCCCCCON=C(C)C. The van der Waals surface area contributed by atoms with E-state index in [-0.39, 0.29) is 0 Å². The van der Waals surface area contributed by atoms with Crippen LogP contribution in [0.25, 0.3) is 0 Å². The molecule has 0 unspecified atom stereocenters. The molecule has 0 aliphatic rings. The van der Waals surface area contributed by atoms with Gasteiger partial charge in [-0.2, -0.15) is 0 Å². The van der Waals surface area contributed by atoms with Crippen LogP contribution in [-0.4, -0.2) is 25.5 Å². The second-order valence-electron chi connectivity index (χ2n) is 6.54. The van der Waals surface area contributed by atoms with Crippen molar-refractivity contribution in [3.05, 3.63) is 32.2 Å². The van der Waals surface area contributed by atoms with E-state index in [1.165, 1.54) is 6.42 Å². The van der Waals surface area contributed by atoms with Crippen molar-refractivity contribution < 1.29 is 14.3 Å². The van der Waals surface area contributed by atoms with Crippen LogP contribution in [0.1, 0.15) is 58.4 Å². The van der Waals surface area contributed by atoms with Gasteiger partial charge in [0.2, 0.25) is 0 Å². The van der Waals surface area contributed by atoms with Gasteiger partial charge in [0.15, 0.2) is 0 Å². The summed E-state index contributed by atoms with van der Waals surface area (Å²) in [5.41, 5.74) is 2.01. The summed E-state index contributed by atoms with van der Waals surface area (Å²) in [6.45, 7) is 7.76. The van der Waals surface area contributed by atoms with Crippen molar-refractivity contribution in [1.29, 1.82) is 0 Å². The average molecular weight is 540 g/mol. The summed E-state index contributed by atoms with van der Waals surface area (Å²) in [4.78, 5) is 5.20. The van der Waals surface area contributed by atoms with Gasteiger partial charge in [-0.15, -0.1) is 0 Å². The fourth-order valence-corrected chi connectivity index (χ4v) is 3.03. The molecule has 1 aromatic rings. The van der Waals surface area contributed by atoms with Crippen LogP contribution >= 0.6 is 43.5 Å². The summed E-state index contributed by atoms with van der Waals surface area (Å²) < 4.78 is 12.5. The van der Waals surface area contributed by atoms with Gasteiger partial charge in [-0.3, -0.25) is 0 Å². The highest BCUT2D eigenvalue weighted by Crippen LogP contribution is 2.34. The van der Waals surface area contributed by atoms with Gasteiger partial charge in [0.1, 0.15) is 24.7 Å². The highest BCUT2D eigenvalue weighted by Gasteiger charge is 2.11. The van der Waals surface area contributed by atoms with Gasteiger partial charge < -0.3 is 14.3 Å². The second-order valence-corrected chi connectivity index (χ2v) is 9.72. The van der Waals surface area contributed by atoms with Crippen molar-refractivity contribution in [2.45, 2.75) is 59.3 Å². The fourth-order valence-electron chi connectivity index (χ4n) is 2.48. The van der Waals surface area contributed by atoms with E-state index in [1.807, 2.05) is 32.1 Å². The van der Waals surface area contributed by atoms with Gasteiger partial charge >= 0.3 is 0 Å². The molecule has 0 amide bonds. The maximum Gasteiger partial charge on any atom is 0.141 e. The highest BCUT2D eigenvalue weighted by atomic mass is 79.9. The first-order valence-corrected chi connectivity index (χ1v) is 11.6. The van der Waals surface area contributed by atoms with E-state index in [0.717, 1.165) is 58.3 Å². The van der Waals surface area contributed by atoms with Crippen LogP contribution < -0.4 is 9.47 Å². The molecule has 0 bridgehead atoms. The van der Waals surface area contributed by atoms with Crippen LogP contribution in [0.2, 0.25) is 5.02 Å². The van der Waals surface area contributed by atoms with E-state index >= 15 is 0 Å². The molecule has 0 radical (unpaired) electrons. The largest absolute Gasteiger partial charge is 0.492 e. The summed E-state index contributed by atoms with van der Waals surface area (Å²) in [6, 6.07) is 3.81. The smallest absolute Gasteiger partial charge is 0.141 e. The Hall–Kier alpha value is -0.720. The Morgan fingerprint density at radius 3 is 2.36 bits per heavy atom. The molecule has 1 aromatic carbocycles. The topological polar surface area (TPSA) is 40.0 Å². The summed E-state index contributed by atoms with van der Waals surface area (Å²) in [6.07, 6.45) is 8.20. The molecule has 0 fully saturated rings. The minimum atomic E-state index is 0.459. The molecule has 0 saturated carbocycles. The molecular weight excluding hydrogens is 509 g/mol. The Balaban J connectivity index is 2.33. The fraction of sp³-hybridized carbons (Fsp3) is 0.571. The summed E-state index contributed by atoms with van der Waals surface area (Å²) in [5.74, 6) is 1.52. The lowest BCUT2D eigenvalue weighted by molar-refractivity contribution is 0.139. The zero-order chi connectivity index (χ0) is 20.8. The number of oxime groups is 1. The third kappa shape index (κ3) is 11.3. The molecule has 0 atom stereocenters. The second kappa shape index (κ2) is 15.2. The monoisotopic (exact) mass is 537 g/mol. The van der Waals surface area contributed by atoms with Crippen molar-refractivity contribution in [3.63, 3.8) is 0 Å². The molecule has 0 N–H and O–H groups in total. The van der Waals surface area contributed by atoms with Gasteiger partial charge in [-0.1, -0.05) is 36.5 Å². The van der Waals surface area contributed by atoms with Crippen LogP contribution in [0.4, 0.5) is 0 Å². The van der Waals surface area contributed by atoms with Crippen molar-refractivity contribution >= 4 is 49.2 Å². The quantitative estimate of drug-likeness (QED) is 0.138. The predicted molar refractivity (Wildman–Crippen MR) is 126 cm³/mol. The number of nitrogens with zero attached hydrogens (tertiary/aromatic N) is 1. The van der Waals surface area contributed by atoms with Gasteiger partial charge in [-0.05, 0) is 89.1 Å². The minimum Gasteiger partial charge on any atom is -0.492 e. The molecule has 7 heteroatoms. The lowest BCUT2D eigenvalue weighted by Crippen LogP contribution is -2.02. The third-order valence-electron chi connectivity index (χ3n) is 3.84. The van der Waals surface area contributed by atoms with Crippen molar-refractivity contribution in [3.8, 4) is 11.5 Å². The molecule has 0 heterocycles. The van der Waals surface area contributed by atoms with E-state index in [9.17, 15) is 0 Å². The number of aryl methyl sites for hydroxylation is 1. The summed E-state index contributed by atoms with van der Waals surface area (Å²) in [5, 5.41) is 4.53. The van der Waals surface area contributed by atoms with Gasteiger partial charge in [0.25, 0.3) is 0 Å². The van der Waals surface area contributed by atoms with Crippen LogP contribution in [0.3, 0.4) is 0 Å². The third-order valence-corrected chi connectivity index (χ3v) is 4.76. The molecule has 0 aromatic heterocycles. The van der Waals surface area contributed by atoms with E-state index in [1.54, 1.807) is 0 Å². The number of benzene rings is 1. The van der Waals surface area contributed by atoms with Gasteiger partial charge in [-0.25, -0.2) is 0 Å². The van der Waals surface area contributed by atoms with Gasteiger partial charge in [0, 0.05) is 6.07 Å². The Bertz CT molecular complexity index is 643. The standard InChI is InChI=1S/C21H30Br2ClNO3/c1-4-17-14-18(26-13-10-20(22)23)15-19(24)21(17)27-11-8-6-5-7-9-12-28-25-16(2)3/h10,14-15H,4-9,11-13H2,1-3H3. The van der Waals surface area contributed by atoms with E-state index in [2.05, 4.69) is 43.9 Å². The Morgan fingerprint density at radius 1 is 1.04 bits per heavy atom. The van der Waals surface area contributed by atoms with Crippen LogP contribution in [0, 0.1) is 0 Å². The number of hydrogen-bond donors (Lipinski definition) is 0. The molecule has 0 aliphatic heterocycles. The van der Waals surface area contributed by atoms with E-state index in [4.69, 9.17) is 25.9 Å². The number of rotatable bonds is 14. The molecular formula is C21H30Br2ClNO3. The zero-order valence-electron chi connectivity index (χ0n) is 16.9. The molecule has 158 valence electrons. The van der Waals surface area contributed by atoms with E-state index in [0.29, 0.717) is 24.8 Å². The summed E-state index contributed by atoms with van der Waals surface area (Å²) >= 11 is 13.0. The molecule has 0 aliphatic carbocycles. The Labute approximate surface area is 190 Å². The number of ether oxygens (including phenoxy) is 2. The number of hydrogen-bond acceptors (Lipinski definition) is 4.